The van der Waals surface area contributed by atoms with Gasteiger partial charge in [-0.05, 0) is 69.7 Å². The fraction of sp³-hybridized carbons (Fsp3) is 0. The van der Waals surface area contributed by atoms with Crippen LogP contribution in [-0.4, -0.2) is 14.5 Å². The highest BCUT2D eigenvalue weighted by Gasteiger charge is 2.26. The van der Waals surface area contributed by atoms with Crippen molar-refractivity contribution in [3.63, 3.8) is 0 Å². The molecule has 0 unspecified atom stereocenters. The van der Waals surface area contributed by atoms with Gasteiger partial charge in [-0.3, -0.25) is 4.57 Å². The highest BCUT2D eigenvalue weighted by molar-refractivity contribution is 7.27. The van der Waals surface area contributed by atoms with Crippen LogP contribution in [0, 0.1) is 0 Å². The minimum Gasteiger partial charge on any atom is -0.455 e. The number of thiophene rings is 2. The molecular formula is C48H24ClN3OS2. The molecule has 0 aliphatic heterocycles. The SMILES string of the molecule is Clc1nc(-n2c3ccccc3c3c4sc5ccccc5c4c4cc(-c5c6ccccc6cc6c5oc5ccccc56)ccc4c32)c2sc3ccccc3c2n1. The zero-order valence-corrected chi connectivity index (χ0v) is 31.2. The number of para-hydroxylation sites is 2. The first kappa shape index (κ1) is 30.1. The molecule has 13 rings (SSSR count). The topological polar surface area (TPSA) is 43.9 Å². The van der Waals surface area contributed by atoms with E-state index in [9.17, 15) is 0 Å². The summed E-state index contributed by atoms with van der Waals surface area (Å²) in [5.41, 5.74) is 7.09. The third-order valence-electron chi connectivity index (χ3n) is 11.3. The molecule has 0 fully saturated rings. The van der Waals surface area contributed by atoms with E-state index in [4.69, 9.17) is 26.0 Å². The number of halogens is 1. The monoisotopic (exact) mass is 757 g/mol. The minimum absolute atomic E-state index is 0.234. The van der Waals surface area contributed by atoms with E-state index in [0.29, 0.717) is 0 Å². The number of hydrogen-bond acceptors (Lipinski definition) is 5. The fourth-order valence-electron chi connectivity index (χ4n) is 9.06. The second kappa shape index (κ2) is 10.9. The summed E-state index contributed by atoms with van der Waals surface area (Å²) in [5.74, 6) is 0.797. The fourth-order valence-corrected chi connectivity index (χ4v) is 11.6. The maximum absolute atomic E-state index is 6.84. The summed E-state index contributed by atoms with van der Waals surface area (Å²) in [6.45, 7) is 0. The molecule has 0 bridgehead atoms. The van der Waals surface area contributed by atoms with E-state index in [1.165, 1.54) is 41.7 Å². The number of rotatable bonds is 2. The summed E-state index contributed by atoms with van der Waals surface area (Å²) in [4.78, 5) is 9.83. The molecule has 256 valence electrons. The van der Waals surface area contributed by atoms with Crippen molar-refractivity contribution in [3.8, 4) is 16.9 Å². The maximum Gasteiger partial charge on any atom is 0.225 e. The van der Waals surface area contributed by atoms with E-state index in [-0.39, 0.29) is 5.28 Å². The van der Waals surface area contributed by atoms with Gasteiger partial charge in [0.2, 0.25) is 5.28 Å². The molecule has 0 amide bonds. The van der Waals surface area contributed by atoms with Gasteiger partial charge in [0.15, 0.2) is 5.82 Å². The van der Waals surface area contributed by atoms with E-state index in [1.54, 1.807) is 11.3 Å². The van der Waals surface area contributed by atoms with Gasteiger partial charge < -0.3 is 4.42 Å². The van der Waals surface area contributed by atoms with Gasteiger partial charge in [0.25, 0.3) is 0 Å². The van der Waals surface area contributed by atoms with Crippen LogP contribution in [0.3, 0.4) is 0 Å². The number of nitrogens with zero attached hydrogens (tertiary/aromatic N) is 3. The molecule has 0 aliphatic rings. The molecule has 0 spiro atoms. The first-order valence-corrected chi connectivity index (χ1v) is 20.2. The quantitative estimate of drug-likeness (QED) is 0.165. The van der Waals surface area contributed by atoms with Crippen LogP contribution in [0.5, 0.6) is 0 Å². The Balaban J connectivity index is 1.24. The van der Waals surface area contributed by atoms with Gasteiger partial charge in [-0.2, -0.15) is 4.98 Å². The first-order valence-electron chi connectivity index (χ1n) is 18.2. The normalized spacial score (nSPS) is 12.5. The number of hydrogen-bond donors (Lipinski definition) is 0. The molecule has 0 saturated heterocycles. The smallest absolute Gasteiger partial charge is 0.225 e. The molecule has 0 aliphatic carbocycles. The van der Waals surface area contributed by atoms with E-state index in [2.05, 4.69) is 144 Å². The summed E-state index contributed by atoms with van der Waals surface area (Å²) >= 11 is 10.4. The molecule has 4 nitrogen and oxygen atoms in total. The van der Waals surface area contributed by atoms with Crippen molar-refractivity contribution < 1.29 is 4.42 Å². The molecule has 0 radical (unpaired) electrons. The van der Waals surface area contributed by atoms with Crippen LogP contribution in [0.4, 0.5) is 0 Å². The summed E-state index contributed by atoms with van der Waals surface area (Å²) in [6, 6.07) is 52.2. The van der Waals surface area contributed by atoms with Gasteiger partial charge in [0.05, 0.1) is 21.3 Å². The molecular weight excluding hydrogens is 734 g/mol. The Morgan fingerprint density at radius 3 is 2.09 bits per heavy atom. The van der Waals surface area contributed by atoms with E-state index < -0.39 is 0 Å². The highest BCUT2D eigenvalue weighted by atomic mass is 35.5. The molecule has 55 heavy (non-hydrogen) atoms. The van der Waals surface area contributed by atoms with Crippen LogP contribution in [-0.2, 0) is 0 Å². The van der Waals surface area contributed by atoms with Crippen LogP contribution in [0.15, 0.2) is 150 Å². The van der Waals surface area contributed by atoms with Crippen molar-refractivity contribution in [1.29, 1.82) is 0 Å². The molecule has 0 saturated carbocycles. The number of fused-ring (bicyclic) bond motifs is 17. The third-order valence-corrected chi connectivity index (χ3v) is 13.8. The van der Waals surface area contributed by atoms with E-state index in [1.807, 2.05) is 17.4 Å². The lowest BCUT2D eigenvalue weighted by atomic mass is 9.92. The standard InChI is InChI=1S/C48H24ClN3OS2/c49-48-50-42-32-16-6-10-20-38(32)55-46(42)47(51-48)52-35-17-7-3-14-30(35)41-43(52)29-22-21-26(24-33(29)40-31-15-5-9-19-37(31)54-45(40)41)39-27-12-2-1-11-25(27)23-34-28-13-4-8-18-36(28)53-44(34)39/h1-24H. The Morgan fingerprint density at radius 1 is 0.527 bits per heavy atom. The van der Waals surface area contributed by atoms with Crippen LogP contribution < -0.4 is 0 Å². The molecule has 5 aromatic heterocycles. The summed E-state index contributed by atoms with van der Waals surface area (Å²) in [7, 11) is 0. The zero-order valence-electron chi connectivity index (χ0n) is 28.8. The first-order chi connectivity index (χ1) is 27.2. The Kier molecular flexibility index (Phi) is 5.95. The van der Waals surface area contributed by atoms with E-state index in [0.717, 1.165) is 81.0 Å². The summed E-state index contributed by atoms with van der Waals surface area (Å²) < 4.78 is 13.8. The number of furan rings is 1. The van der Waals surface area contributed by atoms with Crippen molar-refractivity contribution in [2.45, 2.75) is 0 Å². The lowest BCUT2D eigenvalue weighted by Crippen LogP contribution is -2.00. The van der Waals surface area contributed by atoms with Crippen LogP contribution in [0.2, 0.25) is 5.28 Å². The predicted octanol–water partition coefficient (Wildman–Crippen LogP) is 14.8. The third kappa shape index (κ3) is 4.00. The molecule has 8 aromatic carbocycles. The van der Waals surface area contributed by atoms with Gasteiger partial charge in [-0.15, -0.1) is 22.7 Å². The lowest BCUT2D eigenvalue weighted by Gasteiger charge is -2.14. The number of benzene rings is 8. The van der Waals surface area contributed by atoms with Gasteiger partial charge >= 0.3 is 0 Å². The van der Waals surface area contributed by atoms with Crippen LogP contribution in [0.25, 0.3) is 123 Å². The Labute approximate surface area is 325 Å². The van der Waals surface area contributed by atoms with Crippen LogP contribution >= 0.6 is 34.3 Å². The lowest BCUT2D eigenvalue weighted by molar-refractivity contribution is 0.670. The Bertz CT molecular complexity index is 3810. The maximum atomic E-state index is 6.84. The Hall–Kier alpha value is -6.31. The zero-order chi connectivity index (χ0) is 35.9. The average Bonchev–Trinajstić information content (AvgIpc) is 3.99. The second-order valence-corrected chi connectivity index (χ2v) is 16.6. The van der Waals surface area contributed by atoms with Crippen molar-refractivity contribution in [2.24, 2.45) is 0 Å². The van der Waals surface area contributed by atoms with Crippen molar-refractivity contribution in [3.05, 3.63) is 151 Å². The van der Waals surface area contributed by atoms with Gasteiger partial charge in [-0.1, -0.05) is 109 Å². The largest absolute Gasteiger partial charge is 0.455 e. The Morgan fingerprint density at radius 2 is 1.22 bits per heavy atom. The molecule has 0 N–H and O–H groups in total. The summed E-state index contributed by atoms with van der Waals surface area (Å²) in [6.07, 6.45) is 0. The molecule has 7 heteroatoms. The van der Waals surface area contributed by atoms with Crippen molar-refractivity contribution in [1.82, 2.24) is 14.5 Å². The van der Waals surface area contributed by atoms with Gasteiger partial charge in [0.1, 0.15) is 11.2 Å². The highest BCUT2D eigenvalue weighted by Crippen LogP contribution is 2.50. The summed E-state index contributed by atoms with van der Waals surface area (Å²) in [5, 5.41) is 13.2. The van der Waals surface area contributed by atoms with Crippen molar-refractivity contribution >= 4 is 140 Å². The van der Waals surface area contributed by atoms with Gasteiger partial charge in [-0.25, -0.2) is 4.98 Å². The van der Waals surface area contributed by atoms with Crippen molar-refractivity contribution in [2.75, 3.05) is 0 Å². The molecule has 5 heterocycles. The average molecular weight is 758 g/mol. The minimum atomic E-state index is 0.234. The molecule has 13 aromatic rings. The van der Waals surface area contributed by atoms with Crippen LogP contribution in [0.1, 0.15) is 0 Å². The number of aromatic nitrogens is 3. The second-order valence-electron chi connectivity index (χ2n) is 14.2. The van der Waals surface area contributed by atoms with Gasteiger partial charge in [0, 0.05) is 62.8 Å². The van der Waals surface area contributed by atoms with E-state index >= 15 is 0 Å². The predicted molar refractivity (Wildman–Crippen MR) is 235 cm³/mol. The molecule has 0 atom stereocenters.